The van der Waals surface area contributed by atoms with E-state index in [9.17, 15) is 0 Å². The molecular weight excluding hydrogens is 665 g/mol. The number of alkyl halides is 4. The van der Waals surface area contributed by atoms with E-state index >= 15 is 0 Å². The summed E-state index contributed by atoms with van der Waals surface area (Å²) in [5.74, 6) is 0. The Morgan fingerprint density at radius 1 is 0.488 bits per heavy atom. The molecule has 0 aromatic heterocycles. The summed E-state index contributed by atoms with van der Waals surface area (Å²) < 4.78 is -2.07. The first-order valence-corrected chi connectivity index (χ1v) is 14.7. The largest absolute Gasteiger partial charge is 2.00 e. The first-order valence-electron chi connectivity index (χ1n) is 13.2. The standard InChI is InChI=1S/2C18H15Cl2.Zr/c2*1-12-10-15-13(2)8-9-17(16(15)11-12)18(19,20)14-6-4-3-5-7-14;/h2*3-11H,1-2H3;/q2*-1;+2. The van der Waals surface area contributed by atoms with Gasteiger partial charge in [0, 0.05) is 0 Å². The fourth-order valence-electron chi connectivity index (χ4n) is 5.33. The van der Waals surface area contributed by atoms with Crippen molar-refractivity contribution < 1.29 is 26.2 Å². The van der Waals surface area contributed by atoms with Gasteiger partial charge in [-0.2, -0.15) is 12.1 Å². The van der Waals surface area contributed by atoms with Gasteiger partial charge in [-0.05, 0) is 11.1 Å². The van der Waals surface area contributed by atoms with Crippen molar-refractivity contribution in [2.75, 3.05) is 0 Å². The summed E-state index contributed by atoms with van der Waals surface area (Å²) in [6.07, 6.45) is 0. The Morgan fingerprint density at radius 2 is 0.829 bits per heavy atom. The van der Waals surface area contributed by atoms with Crippen molar-refractivity contribution in [3.05, 3.63) is 154 Å². The second-order valence-corrected chi connectivity index (χ2v) is 13.1. The molecule has 0 saturated carbocycles. The minimum Gasteiger partial charge on any atom is -0.165 e. The average molecular weight is 696 g/mol. The second-order valence-electron chi connectivity index (χ2n) is 10.5. The normalized spacial score (nSPS) is 11.7. The number of aryl methyl sites for hydroxylation is 4. The molecule has 6 aromatic carbocycles. The van der Waals surface area contributed by atoms with Gasteiger partial charge < -0.3 is 0 Å². The van der Waals surface area contributed by atoms with Crippen molar-refractivity contribution in [2.45, 2.75) is 36.4 Å². The Morgan fingerprint density at radius 3 is 1.17 bits per heavy atom. The van der Waals surface area contributed by atoms with E-state index in [1.54, 1.807) is 0 Å². The molecular formula is C36H30Cl4Zr. The Hall–Kier alpha value is -1.86. The van der Waals surface area contributed by atoms with Gasteiger partial charge in [0.15, 0.2) is 8.67 Å². The molecule has 6 rings (SSSR count). The topological polar surface area (TPSA) is 0 Å². The fraction of sp³-hybridized carbons (Fsp3) is 0.167. The van der Waals surface area contributed by atoms with E-state index < -0.39 is 8.67 Å². The van der Waals surface area contributed by atoms with Gasteiger partial charge in [0.25, 0.3) is 0 Å². The molecule has 0 spiro atoms. The summed E-state index contributed by atoms with van der Waals surface area (Å²) in [5.41, 5.74) is 8.63. The number of hydrogen-bond donors (Lipinski definition) is 0. The van der Waals surface area contributed by atoms with Gasteiger partial charge in [-0.3, -0.25) is 0 Å². The smallest absolute Gasteiger partial charge is 0.165 e. The molecule has 0 N–H and O–H groups in total. The molecule has 0 atom stereocenters. The average Bonchev–Trinajstić information content (AvgIpc) is 3.53. The van der Waals surface area contributed by atoms with Crippen LogP contribution in [0.1, 0.15) is 44.5 Å². The number of rotatable bonds is 4. The molecule has 0 nitrogen and oxygen atoms in total. The Balaban J connectivity index is 0.000000184. The summed E-state index contributed by atoms with van der Waals surface area (Å²) in [6, 6.07) is 36.5. The van der Waals surface area contributed by atoms with Crippen LogP contribution in [-0.2, 0) is 34.9 Å². The molecule has 0 bridgehead atoms. The van der Waals surface area contributed by atoms with Gasteiger partial charge in [-0.15, -0.1) is 68.1 Å². The van der Waals surface area contributed by atoms with Crippen LogP contribution in [0, 0.1) is 27.7 Å². The summed E-state index contributed by atoms with van der Waals surface area (Å²) in [6.45, 7) is 8.40. The quantitative estimate of drug-likeness (QED) is 0.127. The molecule has 0 aliphatic rings. The van der Waals surface area contributed by atoms with E-state index in [2.05, 4.69) is 64.1 Å². The summed E-state index contributed by atoms with van der Waals surface area (Å²) >= 11 is 26.8. The monoisotopic (exact) mass is 692 g/mol. The van der Waals surface area contributed by atoms with E-state index in [0.717, 1.165) is 33.0 Å². The van der Waals surface area contributed by atoms with E-state index in [4.69, 9.17) is 46.4 Å². The van der Waals surface area contributed by atoms with Crippen LogP contribution in [0.3, 0.4) is 0 Å². The van der Waals surface area contributed by atoms with Gasteiger partial charge in [-0.1, -0.05) is 158 Å². The van der Waals surface area contributed by atoms with Gasteiger partial charge in [0.1, 0.15) is 0 Å². The van der Waals surface area contributed by atoms with Crippen LogP contribution in [0.2, 0.25) is 0 Å². The molecule has 0 aliphatic carbocycles. The second kappa shape index (κ2) is 12.8. The summed E-state index contributed by atoms with van der Waals surface area (Å²) in [4.78, 5) is 0. The van der Waals surface area contributed by atoms with Gasteiger partial charge in [-0.25, -0.2) is 0 Å². The van der Waals surface area contributed by atoms with Crippen molar-refractivity contribution in [2.24, 2.45) is 0 Å². The Bertz CT molecular complexity index is 1640. The third-order valence-electron chi connectivity index (χ3n) is 7.45. The maximum atomic E-state index is 6.69. The van der Waals surface area contributed by atoms with Crippen molar-refractivity contribution >= 4 is 67.9 Å². The van der Waals surface area contributed by atoms with Crippen LogP contribution in [0.4, 0.5) is 0 Å². The van der Waals surface area contributed by atoms with E-state index in [-0.39, 0.29) is 26.2 Å². The minimum atomic E-state index is -1.03. The third-order valence-corrected chi connectivity index (χ3v) is 9.13. The van der Waals surface area contributed by atoms with Gasteiger partial charge >= 0.3 is 26.2 Å². The van der Waals surface area contributed by atoms with Crippen LogP contribution >= 0.6 is 46.4 Å². The number of fused-ring (bicyclic) bond motifs is 2. The van der Waals surface area contributed by atoms with Crippen LogP contribution in [0.15, 0.2) is 109 Å². The molecule has 6 aromatic rings. The molecule has 0 radical (unpaired) electrons. The van der Waals surface area contributed by atoms with Crippen molar-refractivity contribution in [1.29, 1.82) is 0 Å². The number of benzene rings is 4. The van der Waals surface area contributed by atoms with Crippen molar-refractivity contribution in [3.8, 4) is 0 Å². The van der Waals surface area contributed by atoms with E-state index in [1.807, 2.05) is 72.8 Å². The van der Waals surface area contributed by atoms with Gasteiger partial charge in [0.2, 0.25) is 0 Å². The predicted octanol–water partition coefficient (Wildman–Crippen LogP) is 11.7. The Labute approximate surface area is 282 Å². The van der Waals surface area contributed by atoms with Crippen molar-refractivity contribution in [3.63, 3.8) is 0 Å². The zero-order chi connectivity index (χ0) is 28.7. The maximum Gasteiger partial charge on any atom is 2.00 e. The molecule has 0 unspecified atom stereocenters. The third kappa shape index (κ3) is 6.41. The zero-order valence-electron chi connectivity index (χ0n) is 23.4. The first-order chi connectivity index (χ1) is 19.0. The van der Waals surface area contributed by atoms with Crippen LogP contribution in [0.25, 0.3) is 21.5 Å². The maximum absolute atomic E-state index is 6.69. The van der Waals surface area contributed by atoms with Crippen molar-refractivity contribution in [1.82, 2.24) is 0 Å². The van der Waals surface area contributed by atoms with Crippen LogP contribution in [0.5, 0.6) is 0 Å². The SMILES string of the molecule is Cc1cc2c(C(Cl)(Cl)c3ccccc3)ccc(C)c2[cH-]1.Cc1cc2c(C(Cl)(Cl)c3ccccc3)ccc(C)c2[cH-]1.[Zr+2]. The molecule has 0 saturated heterocycles. The minimum absolute atomic E-state index is 0. The number of hydrogen-bond acceptors (Lipinski definition) is 0. The summed E-state index contributed by atoms with van der Waals surface area (Å²) in [7, 11) is 0. The molecule has 0 fully saturated rings. The van der Waals surface area contributed by atoms with E-state index in [0.29, 0.717) is 0 Å². The van der Waals surface area contributed by atoms with Crippen LogP contribution in [-0.4, -0.2) is 0 Å². The van der Waals surface area contributed by atoms with E-state index in [1.165, 1.54) is 33.0 Å². The zero-order valence-corrected chi connectivity index (χ0v) is 28.9. The molecule has 41 heavy (non-hydrogen) atoms. The number of halogens is 4. The molecule has 0 aliphatic heterocycles. The first kappa shape index (κ1) is 32.1. The Kier molecular flexibility index (Phi) is 10.0. The molecule has 5 heteroatoms. The fourth-order valence-corrected chi connectivity index (χ4v) is 6.50. The molecule has 0 heterocycles. The van der Waals surface area contributed by atoms with Crippen LogP contribution < -0.4 is 0 Å². The van der Waals surface area contributed by atoms with Gasteiger partial charge in [0.05, 0.1) is 0 Å². The molecule has 206 valence electrons. The summed E-state index contributed by atoms with van der Waals surface area (Å²) in [5, 5.41) is 4.72. The predicted molar refractivity (Wildman–Crippen MR) is 176 cm³/mol. The molecule has 0 amide bonds.